The van der Waals surface area contributed by atoms with Crippen LogP contribution in [-0.4, -0.2) is 42.3 Å². The van der Waals surface area contributed by atoms with Gasteiger partial charge < -0.3 is 15.0 Å². The molecule has 0 saturated carbocycles. The van der Waals surface area contributed by atoms with Crippen LogP contribution in [0.2, 0.25) is 0 Å². The Labute approximate surface area is 98.3 Å². The number of nitrogens with zero attached hydrogens (tertiary/aromatic N) is 1. The number of hydrogen-bond donors (Lipinski definition) is 1. The first kappa shape index (κ1) is 13.3. The highest BCUT2D eigenvalue weighted by Crippen LogP contribution is 2.12. The molecule has 0 aromatic heterocycles. The van der Waals surface area contributed by atoms with E-state index in [0.717, 1.165) is 25.9 Å². The lowest BCUT2D eigenvalue weighted by Crippen LogP contribution is -2.46. The summed E-state index contributed by atoms with van der Waals surface area (Å²) in [4.78, 5) is 13.8. The fourth-order valence-electron chi connectivity index (χ4n) is 2.14. The Morgan fingerprint density at radius 1 is 1.31 bits per heavy atom. The van der Waals surface area contributed by atoms with Gasteiger partial charge in [-0.15, -0.1) is 0 Å². The molecule has 1 saturated heterocycles. The second-order valence-corrected chi connectivity index (χ2v) is 4.95. The van der Waals surface area contributed by atoms with Crippen molar-refractivity contribution < 1.29 is 9.53 Å². The Balaban J connectivity index is 2.47. The summed E-state index contributed by atoms with van der Waals surface area (Å²) in [7, 11) is 0. The van der Waals surface area contributed by atoms with Crippen molar-refractivity contribution in [2.24, 2.45) is 0 Å². The zero-order chi connectivity index (χ0) is 12.1. The van der Waals surface area contributed by atoms with Crippen molar-refractivity contribution in [2.45, 2.75) is 58.7 Å². The SMILES string of the molecule is CC(C)N(C(=O)O[C@H]1CCCNC1)C(C)C. The minimum absolute atomic E-state index is 0.0428. The van der Waals surface area contributed by atoms with E-state index in [9.17, 15) is 4.79 Å². The Morgan fingerprint density at radius 3 is 2.38 bits per heavy atom. The third-order valence-electron chi connectivity index (χ3n) is 2.84. The summed E-state index contributed by atoms with van der Waals surface area (Å²) in [5, 5.41) is 3.24. The van der Waals surface area contributed by atoms with Crippen LogP contribution in [-0.2, 0) is 4.74 Å². The highest BCUT2D eigenvalue weighted by molar-refractivity contribution is 5.68. The van der Waals surface area contributed by atoms with Gasteiger partial charge in [0, 0.05) is 18.6 Å². The van der Waals surface area contributed by atoms with E-state index in [1.54, 1.807) is 4.90 Å². The lowest BCUT2D eigenvalue weighted by molar-refractivity contribution is 0.0363. The van der Waals surface area contributed by atoms with E-state index in [4.69, 9.17) is 4.74 Å². The van der Waals surface area contributed by atoms with Gasteiger partial charge in [-0.1, -0.05) is 0 Å². The molecule has 1 rings (SSSR count). The van der Waals surface area contributed by atoms with Gasteiger partial charge in [-0.25, -0.2) is 4.79 Å². The van der Waals surface area contributed by atoms with Crippen molar-refractivity contribution >= 4 is 6.09 Å². The zero-order valence-electron chi connectivity index (χ0n) is 10.8. The van der Waals surface area contributed by atoms with Crippen molar-refractivity contribution in [3.05, 3.63) is 0 Å². The van der Waals surface area contributed by atoms with Gasteiger partial charge in [-0.2, -0.15) is 0 Å². The maximum absolute atomic E-state index is 12.0. The minimum Gasteiger partial charge on any atom is -0.445 e. The van der Waals surface area contributed by atoms with Crippen LogP contribution in [0.3, 0.4) is 0 Å². The van der Waals surface area contributed by atoms with Crippen molar-refractivity contribution in [1.29, 1.82) is 0 Å². The maximum Gasteiger partial charge on any atom is 0.410 e. The first-order valence-electron chi connectivity index (χ1n) is 6.22. The van der Waals surface area contributed by atoms with Gasteiger partial charge in [0.15, 0.2) is 0 Å². The first-order chi connectivity index (χ1) is 7.52. The monoisotopic (exact) mass is 228 g/mol. The Hall–Kier alpha value is -0.770. The van der Waals surface area contributed by atoms with Crippen LogP contribution >= 0.6 is 0 Å². The molecule has 1 amide bonds. The van der Waals surface area contributed by atoms with E-state index in [1.807, 2.05) is 27.7 Å². The molecule has 1 N–H and O–H groups in total. The summed E-state index contributed by atoms with van der Waals surface area (Å²) in [6, 6.07) is 0.369. The average molecular weight is 228 g/mol. The van der Waals surface area contributed by atoms with Crippen LogP contribution in [0, 0.1) is 0 Å². The number of hydrogen-bond acceptors (Lipinski definition) is 3. The van der Waals surface area contributed by atoms with Crippen molar-refractivity contribution in [3.63, 3.8) is 0 Å². The van der Waals surface area contributed by atoms with E-state index < -0.39 is 0 Å². The molecule has 4 nitrogen and oxygen atoms in total. The standard InChI is InChI=1S/C12H24N2O2/c1-9(2)14(10(3)4)12(15)16-11-6-5-7-13-8-11/h9-11,13H,5-8H2,1-4H3/t11-/m0/s1. The predicted molar refractivity (Wildman–Crippen MR) is 64.5 cm³/mol. The average Bonchev–Trinajstić information content (AvgIpc) is 2.17. The third-order valence-corrected chi connectivity index (χ3v) is 2.84. The molecule has 1 aliphatic heterocycles. The van der Waals surface area contributed by atoms with Crippen molar-refractivity contribution in [2.75, 3.05) is 13.1 Å². The number of carbonyl (C=O) groups excluding carboxylic acids is 1. The van der Waals surface area contributed by atoms with Crippen molar-refractivity contribution in [1.82, 2.24) is 10.2 Å². The summed E-state index contributed by atoms with van der Waals surface area (Å²) in [5.41, 5.74) is 0. The molecule has 94 valence electrons. The van der Waals surface area contributed by atoms with E-state index in [-0.39, 0.29) is 24.3 Å². The first-order valence-corrected chi connectivity index (χ1v) is 6.22. The van der Waals surface area contributed by atoms with Gasteiger partial charge in [0.05, 0.1) is 0 Å². The third kappa shape index (κ3) is 3.67. The lowest BCUT2D eigenvalue weighted by Gasteiger charge is -2.32. The van der Waals surface area contributed by atoms with Crippen LogP contribution in [0.4, 0.5) is 4.79 Å². The zero-order valence-corrected chi connectivity index (χ0v) is 10.8. The number of rotatable bonds is 3. The molecule has 4 heteroatoms. The molecule has 0 unspecified atom stereocenters. The molecule has 0 radical (unpaired) electrons. The normalized spacial score (nSPS) is 21.2. The molecule has 16 heavy (non-hydrogen) atoms. The molecule has 0 aliphatic carbocycles. The summed E-state index contributed by atoms with van der Waals surface area (Å²) in [5.74, 6) is 0. The van der Waals surface area contributed by atoms with E-state index in [0.29, 0.717) is 0 Å². The highest BCUT2D eigenvalue weighted by atomic mass is 16.6. The summed E-state index contributed by atoms with van der Waals surface area (Å²) in [6.07, 6.45) is 1.92. The number of ether oxygens (including phenoxy) is 1. The van der Waals surface area contributed by atoms with Crippen LogP contribution in [0.25, 0.3) is 0 Å². The molecule has 1 heterocycles. The molecular formula is C12H24N2O2. The molecule has 0 aromatic carbocycles. The van der Waals surface area contributed by atoms with E-state index >= 15 is 0 Å². The largest absolute Gasteiger partial charge is 0.445 e. The fraction of sp³-hybridized carbons (Fsp3) is 0.917. The van der Waals surface area contributed by atoms with E-state index in [2.05, 4.69) is 5.32 Å². The van der Waals surface area contributed by atoms with Crippen molar-refractivity contribution in [3.8, 4) is 0 Å². The molecular weight excluding hydrogens is 204 g/mol. The van der Waals surface area contributed by atoms with E-state index in [1.165, 1.54) is 0 Å². The molecule has 1 aliphatic rings. The van der Waals surface area contributed by atoms with Gasteiger partial charge in [0.2, 0.25) is 0 Å². The maximum atomic E-state index is 12.0. The topological polar surface area (TPSA) is 41.6 Å². The quantitative estimate of drug-likeness (QED) is 0.803. The number of nitrogens with one attached hydrogen (secondary N) is 1. The van der Waals surface area contributed by atoms with Crippen LogP contribution < -0.4 is 5.32 Å². The van der Waals surface area contributed by atoms with Crippen LogP contribution in [0.1, 0.15) is 40.5 Å². The number of amides is 1. The second-order valence-electron chi connectivity index (χ2n) is 4.95. The van der Waals surface area contributed by atoms with Crippen LogP contribution in [0.15, 0.2) is 0 Å². The summed E-state index contributed by atoms with van der Waals surface area (Å²) >= 11 is 0. The fourth-order valence-corrected chi connectivity index (χ4v) is 2.14. The predicted octanol–water partition coefficient (Wildman–Crippen LogP) is 1.99. The Morgan fingerprint density at radius 2 is 1.94 bits per heavy atom. The Kier molecular flexibility index (Phi) is 5.06. The van der Waals surface area contributed by atoms with Gasteiger partial charge in [0.1, 0.15) is 6.10 Å². The smallest absolute Gasteiger partial charge is 0.410 e. The highest BCUT2D eigenvalue weighted by Gasteiger charge is 2.25. The van der Waals surface area contributed by atoms with Gasteiger partial charge >= 0.3 is 6.09 Å². The molecule has 1 atom stereocenters. The molecule has 0 aromatic rings. The number of piperidine rings is 1. The van der Waals surface area contributed by atoms with Gasteiger partial charge in [-0.3, -0.25) is 0 Å². The Bertz CT molecular complexity index is 215. The second kappa shape index (κ2) is 6.09. The minimum atomic E-state index is -0.182. The molecule has 0 bridgehead atoms. The van der Waals surface area contributed by atoms with Gasteiger partial charge in [0.25, 0.3) is 0 Å². The van der Waals surface area contributed by atoms with Crippen LogP contribution in [0.5, 0.6) is 0 Å². The summed E-state index contributed by atoms with van der Waals surface area (Å²) in [6.45, 7) is 9.88. The molecule has 1 fully saturated rings. The van der Waals surface area contributed by atoms with Gasteiger partial charge in [-0.05, 0) is 47.1 Å². The number of carbonyl (C=O) groups is 1. The lowest BCUT2D eigenvalue weighted by atomic mass is 10.1. The molecule has 0 spiro atoms. The summed E-state index contributed by atoms with van der Waals surface area (Å²) < 4.78 is 5.50.